The van der Waals surface area contributed by atoms with E-state index in [1.54, 1.807) is 19.1 Å². The number of nitrogens with zero attached hydrogens (tertiary/aromatic N) is 4. The van der Waals surface area contributed by atoms with Gasteiger partial charge in [0.25, 0.3) is 11.8 Å². The van der Waals surface area contributed by atoms with E-state index in [1.165, 1.54) is 23.6 Å². The quantitative estimate of drug-likeness (QED) is 0.117. The number of halogens is 6. The van der Waals surface area contributed by atoms with Crippen LogP contribution >= 0.6 is 11.3 Å². The van der Waals surface area contributed by atoms with E-state index in [9.17, 15) is 40.7 Å². The number of rotatable bonds is 11. The Hall–Kier alpha value is -4.54. The average Bonchev–Trinajstić information content (AvgIpc) is 3.59. The van der Waals surface area contributed by atoms with Crippen LogP contribution < -0.4 is 14.4 Å². The Morgan fingerprint density at radius 2 is 1.70 bits per heavy atom. The lowest BCUT2D eigenvalue weighted by atomic mass is 9.79. The van der Waals surface area contributed by atoms with E-state index in [1.807, 2.05) is 17.0 Å². The van der Waals surface area contributed by atoms with Crippen molar-refractivity contribution < 1.29 is 54.9 Å². The molecule has 2 amide bonds. The molecule has 2 aliphatic rings. The van der Waals surface area contributed by atoms with Gasteiger partial charge < -0.3 is 28.9 Å². The zero-order chi connectivity index (χ0) is 38.6. The standard InChI is InChI=1S/C36H40F6N4O6S/c1-4-8-29-34(52-25-21-30(53-22-25)36(40,41)42,12-7-14-46(29)32(48)31-23(2)43-13-11-26(31)35(37,38)39)33(49)45-17-15-44(16-18-45)27-9-5-6-10-28(27)51-20-19-50-24(3)47/h5-6,9-11,13,21-22,29H,4,7-8,12,14-20H2,1-3H3/t29-,34+/m1/s1. The second-order valence-electron chi connectivity index (χ2n) is 12.8. The van der Waals surface area contributed by atoms with Gasteiger partial charge in [0.15, 0.2) is 0 Å². The van der Waals surface area contributed by atoms with Crippen molar-refractivity contribution in [3.63, 3.8) is 0 Å². The number of anilines is 1. The molecule has 1 aromatic carbocycles. The summed E-state index contributed by atoms with van der Waals surface area (Å²) >= 11 is 0.392. The van der Waals surface area contributed by atoms with E-state index in [2.05, 4.69) is 4.98 Å². The molecule has 53 heavy (non-hydrogen) atoms. The molecular formula is C36H40F6N4O6S. The second-order valence-corrected chi connectivity index (χ2v) is 13.7. The van der Waals surface area contributed by atoms with Crippen LogP contribution in [0.15, 0.2) is 48.0 Å². The largest absolute Gasteiger partial charge is 0.488 e. The Morgan fingerprint density at radius 1 is 0.981 bits per heavy atom. The number of carbonyl (C=O) groups is 3. The number of benzene rings is 1. The Morgan fingerprint density at radius 3 is 2.34 bits per heavy atom. The van der Waals surface area contributed by atoms with Crippen LogP contribution in [-0.4, -0.2) is 90.1 Å². The zero-order valence-corrected chi connectivity index (χ0v) is 30.2. The molecule has 0 N–H and O–H groups in total. The molecule has 0 saturated carbocycles. The van der Waals surface area contributed by atoms with Gasteiger partial charge in [0, 0.05) is 63.7 Å². The van der Waals surface area contributed by atoms with Gasteiger partial charge in [0.1, 0.15) is 29.6 Å². The summed E-state index contributed by atoms with van der Waals surface area (Å²) in [5, 5.41) is 1.14. The second kappa shape index (κ2) is 16.2. The van der Waals surface area contributed by atoms with Crippen molar-refractivity contribution in [2.24, 2.45) is 0 Å². The van der Waals surface area contributed by atoms with Crippen LogP contribution in [-0.2, 0) is 26.7 Å². The van der Waals surface area contributed by atoms with Crippen LogP contribution in [0.5, 0.6) is 11.5 Å². The summed E-state index contributed by atoms with van der Waals surface area (Å²) in [7, 11) is 0. The fraction of sp³-hybridized carbons (Fsp3) is 0.500. The summed E-state index contributed by atoms with van der Waals surface area (Å²) in [5.41, 5.74) is -3.16. The smallest absolute Gasteiger partial charge is 0.425 e. The zero-order valence-electron chi connectivity index (χ0n) is 29.4. The summed E-state index contributed by atoms with van der Waals surface area (Å²) in [6.45, 7) is 5.51. The SMILES string of the molecule is CCC[C@H]1N(C(=O)c2c(C(F)(F)F)ccnc2C)CCC[C@@]1(Oc1csc(C(F)(F)F)c1)C(=O)N1CCN(c2ccccc2OCCOC(C)=O)CC1. The first kappa shape index (κ1) is 39.7. The molecule has 4 heterocycles. The van der Waals surface area contributed by atoms with Gasteiger partial charge in [-0.05, 0) is 38.0 Å². The van der Waals surface area contributed by atoms with Gasteiger partial charge in [0.05, 0.1) is 28.6 Å². The van der Waals surface area contributed by atoms with E-state index in [4.69, 9.17) is 14.2 Å². The number of pyridine rings is 1. The number of esters is 1. The van der Waals surface area contributed by atoms with E-state index in [0.717, 1.165) is 29.4 Å². The van der Waals surface area contributed by atoms with Crippen LogP contribution in [0.4, 0.5) is 32.0 Å². The molecule has 2 aromatic heterocycles. The normalized spacial score (nSPS) is 19.6. The molecule has 2 saturated heterocycles. The minimum absolute atomic E-state index is 0.00697. The lowest BCUT2D eigenvalue weighted by molar-refractivity contribution is -0.159. The first-order chi connectivity index (χ1) is 25.1. The van der Waals surface area contributed by atoms with Gasteiger partial charge in [-0.3, -0.25) is 19.4 Å². The molecule has 0 aliphatic carbocycles. The number of hydrogen-bond donors (Lipinski definition) is 0. The molecule has 17 heteroatoms. The number of ether oxygens (including phenoxy) is 3. The maximum Gasteiger partial charge on any atom is 0.425 e. The Bertz CT molecular complexity index is 1780. The molecule has 2 atom stereocenters. The number of thiophene rings is 1. The average molecular weight is 771 g/mol. The number of hydrogen-bond acceptors (Lipinski definition) is 9. The number of amides is 2. The van der Waals surface area contributed by atoms with Crippen molar-refractivity contribution in [3.8, 4) is 11.5 Å². The first-order valence-corrected chi connectivity index (χ1v) is 18.0. The minimum Gasteiger partial charge on any atom is -0.488 e. The number of aromatic nitrogens is 1. The van der Waals surface area contributed by atoms with E-state index >= 15 is 0 Å². The predicted molar refractivity (Wildman–Crippen MR) is 183 cm³/mol. The molecule has 0 spiro atoms. The summed E-state index contributed by atoms with van der Waals surface area (Å²) < 4.78 is 101. The van der Waals surface area contributed by atoms with Gasteiger partial charge in [-0.2, -0.15) is 26.3 Å². The molecule has 3 aromatic rings. The highest BCUT2D eigenvalue weighted by molar-refractivity contribution is 7.10. The van der Waals surface area contributed by atoms with Crippen LogP contribution in [0, 0.1) is 6.92 Å². The van der Waals surface area contributed by atoms with Crippen LogP contribution in [0.3, 0.4) is 0 Å². The van der Waals surface area contributed by atoms with Crippen molar-refractivity contribution in [2.45, 2.75) is 70.4 Å². The number of para-hydroxylation sites is 2. The van der Waals surface area contributed by atoms with Gasteiger partial charge in [-0.25, -0.2) is 0 Å². The molecule has 0 unspecified atom stereocenters. The Labute approximate surface area is 306 Å². The van der Waals surface area contributed by atoms with Crippen LogP contribution in [0.25, 0.3) is 0 Å². The molecule has 10 nitrogen and oxygen atoms in total. The fourth-order valence-electron chi connectivity index (χ4n) is 6.95. The summed E-state index contributed by atoms with van der Waals surface area (Å²) in [4.78, 5) is 48.0. The molecule has 2 aliphatic heterocycles. The third-order valence-corrected chi connectivity index (χ3v) is 10.2. The van der Waals surface area contributed by atoms with Crippen molar-refractivity contribution in [3.05, 3.63) is 69.7 Å². The molecule has 0 radical (unpaired) electrons. The van der Waals surface area contributed by atoms with Crippen LogP contribution in [0.1, 0.15) is 66.0 Å². The highest BCUT2D eigenvalue weighted by Crippen LogP contribution is 2.43. The number of alkyl halides is 6. The fourth-order valence-corrected chi connectivity index (χ4v) is 7.62. The molecule has 5 rings (SSSR count). The van der Waals surface area contributed by atoms with Crippen molar-refractivity contribution in [2.75, 3.05) is 50.8 Å². The van der Waals surface area contributed by atoms with E-state index < -0.39 is 57.8 Å². The topological polar surface area (TPSA) is 102 Å². The summed E-state index contributed by atoms with van der Waals surface area (Å²) in [5.74, 6) is -1.69. The summed E-state index contributed by atoms with van der Waals surface area (Å²) in [6.07, 6.45) is -7.95. The first-order valence-electron chi connectivity index (χ1n) is 17.1. The maximum absolute atomic E-state index is 14.9. The third-order valence-electron chi connectivity index (χ3n) is 9.28. The lowest BCUT2D eigenvalue weighted by Gasteiger charge is -2.51. The molecular weight excluding hydrogens is 730 g/mol. The van der Waals surface area contributed by atoms with Crippen molar-refractivity contribution >= 4 is 34.8 Å². The third kappa shape index (κ3) is 8.82. The molecule has 288 valence electrons. The Balaban J connectivity index is 1.47. The van der Waals surface area contributed by atoms with Gasteiger partial charge in [-0.15, -0.1) is 11.3 Å². The van der Waals surface area contributed by atoms with Crippen molar-refractivity contribution in [1.29, 1.82) is 0 Å². The number of carbonyl (C=O) groups excluding carboxylic acids is 3. The van der Waals surface area contributed by atoms with E-state index in [0.29, 0.717) is 36.6 Å². The lowest BCUT2D eigenvalue weighted by Crippen LogP contribution is -2.69. The number of likely N-dealkylation sites (tertiary alicyclic amines) is 1. The number of aryl methyl sites for hydroxylation is 1. The predicted octanol–water partition coefficient (Wildman–Crippen LogP) is 7.00. The highest BCUT2D eigenvalue weighted by atomic mass is 32.1. The molecule has 2 fully saturated rings. The number of piperidine rings is 1. The van der Waals surface area contributed by atoms with Gasteiger partial charge >= 0.3 is 18.3 Å². The monoisotopic (exact) mass is 770 g/mol. The number of piperazine rings is 1. The van der Waals surface area contributed by atoms with E-state index in [-0.39, 0.29) is 63.6 Å². The summed E-state index contributed by atoms with van der Waals surface area (Å²) in [6, 6.07) is 7.61. The maximum atomic E-state index is 14.9. The van der Waals surface area contributed by atoms with Gasteiger partial charge in [0.2, 0.25) is 5.60 Å². The van der Waals surface area contributed by atoms with Gasteiger partial charge in [-0.1, -0.05) is 25.5 Å². The Kier molecular flexibility index (Phi) is 12.1. The van der Waals surface area contributed by atoms with Crippen molar-refractivity contribution in [1.82, 2.24) is 14.8 Å². The highest BCUT2D eigenvalue weighted by Gasteiger charge is 2.56. The minimum atomic E-state index is -4.88. The molecule has 0 bridgehead atoms. The van der Waals surface area contributed by atoms with Crippen LogP contribution in [0.2, 0.25) is 0 Å².